The van der Waals surface area contributed by atoms with Crippen molar-refractivity contribution in [2.45, 2.75) is 32.6 Å². The van der Waals surface area contributed by atoms with E-state index >= 15 is 0 Å². The van der Waals surface area contributed by atoms with E-state index in [-0.39, 0.29) is 18.4 Å². The molecule has 0 aliphatic rings. The van der Waals surface area contributed by atoms with E-state index in [1.165, 1.54) is 0 Å². The fraction of sp³-hybridized carbons (Fsp3) is 0.529. The highest BCUT2D eigenvalue weighted by Crippen LogP contribution is 2.11. The second-order valence-electron chi connectivity index (χ2n) is 5.28. The fourth-order valence-electron chi connectivity index (χ4n) is 2.35. The van der Waals surface area contributed by atoms with E-state index in [9.17, 15) is 10.1 Å². The minimum Gasteiger partial charge on any atom is -0.396 e. The van der Waals surface area contributed by atoms with Gasteiger partial charge in [0.25, 0.3) is 0 Å². The molecule has 1 amide bonds. The molecule has 0 spiro atoms. The first kappa shape index (κ1) is 17.2. The van der Waals surface area contributed by atoms with Crippen LogP contribution in [0.25, 0.3) is 0 Å². The smallest absolute Gasteiger partial charge is 0.237 e. The first-order valence-electron chi connectivity index (χ1n) is 7.53. The van der Waals surface area contributed by atoms with Gasteiger partial charge in [-0.3, -0.25) is 4.79 Å². The Labute approximate surface area is 126 Å². The molecule has 0 saturated carbocycles. The second kappa shape index (κ2) is 9.95. The van der Waals surface area contributed by atoms with Crippen LogP contribution in [0.3, 0.4) is 0 Å². The number of nitrogens with zero attached hydrogens (tertiary/aromatic N) is 1. The summed E-state index contributed by atoms with van der Waals surface area (Å²) < 4.78 is 0. The first-order valence-corrected chi connectivity index (χ1v) is 7.53. The molecule has 2 atom stereocenters. The molecule has 2 unspecified atom stereocenters. The molecular weight excluding hydrogens is 264 g/mol. The zero-order chi connectivity index (χ0) is 15.5. The van der Waals surface area contributed by atoms with Crippen molar-refractivity contribution >= 4 is 5.91 Å². The van der Waals surface area contributed by atoms with Crippen LogP contribution in [0.5, 0.6) is 0 Å². The highest BCUT2D eigenvalue weighted by molar-refractivity contribution is 5.81. The summed E-state index contributed by atoms with van der Waals surface area (Å²) in [5.41, 5.74) is 0.986. The minimum atomic E-state index is -0.663. The lowest BCUT2D eigenvalue weighted by Gasteiger charge is -2.17. The van der Waals surface area contributed by atoms with Crippen molar-refractivity contribution in [3.05, 3.63) is 35.9 Å². The number of nitriles is 1. The Kier molecular flexibility index (Phi) is 8.15. The normalized spacial score (nSPS) is 13.2. The molecule has 2 N–H and O–H groups in total. The highest BCUT2D eigenvalue weighted by Gasteiger charge is 2.19. The molecule has 1 aromatic carbocycles. The first-order chi connectivity index (χ1) is 10.2. The molecule has 1 rings (SSSR count). The zero-order valence-electron chi connectivity index (χ0n) is 12.6. The van der Waals surface area contributed by atoms with E-state index in [4.69, 9.17) is 5.11 Å². The monoisotopic (exact) mass is 288 g/mol. The van der Waals surface area contributed by atoms with Gasteiger partial charge in [0.1, 0.15) is 5.92 Å². The highest BCUT2D eigenvalue weighted by atomic mass is 16.3. The zero-order valence-corrected chi connectivity index (χ0v) is 12.6. The molecule has 0 fully saturated rings. The van der Waals surface area contributed by atoms with Gasteiger partial charge in [-0.1, -0.05) is 43.7 Å². The molecule has 0 heterocycles. The number of rotatable bonds is 9. The molecule has 0 saturated heterocycles. The van der Waals surface area contributed by atoms with Crippen molar-refractivity contribution in [2.75, 3.05) is 13.2 Å². The number of carbonyl (C=O) groups excluding carboxylic acids is 1. The van der Waals surface area contributed by atoms with Crippen LogP contribution in [-0.4, -0.2) is 24.2 Å². The van der Waals surface area contributed by atoms with Gasteiger partial charge in [-0.2, -0.15) is 5.26 Å². The van der Waals surface area contributed by atoms with Gasteiger partial charge in [0.15, 0.2) is 0 Å². The molecule has 21 heavy (non-hydrogen) atoms. The predicted octanol–water partition coefficient (Wildman–Crippen LogP) is 2.28. The molecule has 114 valence electrons. The predicted molar refractivity (Wildman–Crippen MR) is 82.4 cm³/mol. The molecule has 4 nitrogen and oxygen atoms in total. The number of amides is 1. The average molecular weight is 288 g/mol. The lowest BCUT2D eigenvalue weighted by molar-refractivity contribution is -0.123. The molecule has 1 aromatic rings. The molecule has 0 aliphatic carbocycles. The lowest BCUT2D eigenvalue weighted by atomic mass is 9.98. The Bertz CT molecular complexity index is 448. The molecule has 0 aliphatic heterocycles. The molecule has 4 heteroatoms. The van der Waals surface area contributed by atoms with Crippen LogP contribution < -0.4 is 5.32 Å². The number of aliphatic hydroxyl groups is 1. The molecular formula is C17H24N2O2. The van der Waals surface area contributed by atoms with Crippen LogP contribution in [0, 0.1) is 23.2 Å². The third-order valence-corrected chi connectivity index (χ3v) is 3.55. The van der Waals surface area contributed by atoms with Gasteiger partial charge < -0.3 is 10.4 Å². The van der Waals surface area contributed by atoms with E-state index < -0.39 is 5.92 Å². The summed E-state index contributed by atoms with van der Waals surface area (Å²) >= 11 is 0. The second-order valence-corrected chi connectivity index (χ2v) is 5.28. The van der Waals surface area contributed by atoms with E-state index in [0.717, 1.165) is 18.4 Å². The largest absolute Gasteiger partial charge is 0.396 e. The van der Waals surface area contributed by atoms with Crippen molar-refractivity contribution in [3.63, 3.8) is 0 Å². The lowest BCUT2D eigenvalue weighted by Crippen LogP contribution is -2.35. The summed E-state index contributed by atoms with van der Waals surface area (Å²) in [6.07, 6.45) is 3.11. The third-order valence-electron chi connectivity index (χ3n) is 3.55. The summed E-state index contributed by atoms with van der Waals surface area (Å²) in [6.45, 7) is 2.74. The van der Waals surface area contributed by atoms with Gasteiger partial charge in [0, 0.05) is 13.2 Å². The Balaban J connectivity index is 2.49. The van der Waals surface area contributed by atoms with Crippen molar-refractivity contribution in [1.82, 2.24) is 5.32 Å². The van der Waals surface area contributed by atoms with Crippen LogP contribution in [-0.2, 0) is 11.2 Å². The van der Waals surface area contributed by atoms with Crippen LogP contribution >= 0.6 is 0 Å². The Morgan fingerprint density at radius 1 is 1.33 bits per heavy atom. The number of aliphatic hydroxyl groups excluding tert-OH is 1. The van der Waals surface area contributed by atoms with E-state index in [1.54, 1.807) is 0 Å². The summed E-state index contributed by atoms with van der Waals surface area (Å²) in [4.78, 5) is 12.1. The molecule has 0 bridgehead atoms. The fourth-order valence-corrected chi connectivity index (χ4v) is 2.35. The van der Waals surface area contributed by atoms with Crippen molar-refractivity contribution < 1.29 is 9.90 Å². The van der Waals surface area contributed by atoms with Gasteiger partial charge in [0.05, 0.1) is 6.07 Å². The number of carbonyl (C=O) groups is 1. The quantitative estimate of drug-likeness (QED) is 0.732. The summed E-state index contributed by atoms with van der Waals surface area (Å²) in [7, 11) is 0. The van der Waals surface area contributed by atoms with Gasteiger partial charge in [-0.05, 0) is 30.7 Å². The summed E-state index contributed by atoms with van der Waals surface area (Å²) in [6, 6.07) is 11.6. The van der Waals surface area contributed by atoms with Crippen LogP contribution in [0.15, 0.2) is 30.3 Å². The van der Waals surface area contributed by atoms with Crippen molar-refractivity contribution in [3.8, 4) is 6.07 Å². The van der Waals surface area contributed by atoms with Gasteiger partial charge in [-0.25, -0.2) is 0 Å². The van der Waals surface area contributed by atoms with Crippen molar-refractivity contribution in [2.24, 2.45) is 11.8 Å². The minimum absolute atomic E-state index is 0.131. The van der Waals surface area contributed by atoms with E-state index in [1.807, 2.05) is 30.3 Å². The van der Waals surface area contributed by atoms with Crippen molar-refractivity contribution in [1.29, 1.82) is 5.26 Å². The maximum absolute atomic E-state index is 12.1. The number of hydrogen-bond acceptors (Lipinski definition) is 3. The topological polar surface area (TPSA) is 73.1 Å². The van der Waals surface area contributed by atoms with E-state index in [0.29, 0.717) is 19.4 Å². The summed E-state index contributed by atoms with van der Waals surface area (Å²) in [5.74, 6) is -0.607. The Morgan fingerprint density at radius 2 is 2.05 bits per heavy atom. The SMILES string of the molecule is CCCC(CCO)CNC(=O)C(C#N)Cc1ccccc1. The third kappa shape index (κ3) is 6.42. The van der Waals surface area contributed by atoms with Crippen LogP contribution in [0.1, 0.15) is 31.7 Å². The number of benzene rings is 1. The molecule has 0 aromatic heterocycles. The Morgan fingerprint density at radius 3 is 2.62 bits per heavy atom. The maximum Gasteiger partial charge on any atom is 0.237 e. The van der Waals surface area contributed by atoms with E-state index in [2.05, 4.69) is 18.3 Å². The number of hydrogen-bond donors (Lipinski definition) is 2. The average Bonchev–Trinajstić information content (AvgIpc) is 2.51. The van der Waals surface area contributed by atoms with Crippen LogP contribution in [0.2, 0.25) is 0 Å². The standard InChI is InChI=1S/C17H24N2O2/c1-2-6-15(9-10-20)13-19-17(21)16(12-18)11-14-7-4-3-5-8-14/h3-5,7-8,15-16,20H,2,6,9-11,13H2,1H3,(H,19,21). The Hall–Kier alpha value is -1.86. The number of nitrogens with one attached hydrogen (secondary N) is 1. The molecule has 0 radical (unpaired) electrons. The van der Waals surface area contributed by atoms with Gasteiger partial charge >= 0.3 is 0 Å². The maximum atomic E-state index is 12.1. The van der Waals surface area contributed by atoms with Crippen LogP contribution in [0.4, 0.5) is 0 Å². The van der Waals surface area contributed by atoms with Gasteiger partial charge in [0.2, 0.25) is 5.91 Å². The summed E-state index contributed by atoms with van der Waals surface area (Å²) in [5, 5.41) is 21.0. The van der Waals surface area contributed by atoms with Gasteiger partial charge in [-0.15, -0.1) is 0 Å².